The third-order valence-electron chi connectivity index (χ3n) is 2.25. The number of aromatic carboxylic acids is 1. The van der Waals surface area contributed by atoms with Crippen LogP contribution in [-0.4, -0.2) is 21.8 Å². The van der Waals surface area contributed by atoms with Crippen molar-refractivity contribution in [2.24, 2.45) is 5.92 Å². The third-order valence-corrected chi connectivity index (χ3v) is 3.58. The minimum atomic E-state index is -1.14. The summed E-state index contributed by atoms with van der Waals surface area (Å²) in [6.45, 7) is 4.15. The molecule has 0 saturated heterocycles. The van der Waals surface area contributed by atoms with Gasteiger partial charge in [-0.15, -0.1) is 11.8 Å². The van der Waals surface area contributed by atoms with Crippen LogP contribution in [-0.2, 0) is 0 Å². The summed E-state index contributed by atoms with van der Waals surface area (Å²) in [5.41, 5.74) is -0.0618. The van der Waals surface area contributed by atoms with Gasteiger partial charge < -0.3 is 5.11 Å². The molecule has 1 aromatic heterocycles. The van der Waals surface area contributed by atoms with Crippen molar-refractivity contribution in [1.82, 2.24) is 4.98 Å². The van der Waals surface area contributed by atoms with E-state index in [1.807, 2.05) is 0 Å². The summed E-state index contributed by atoms with van der Waals surface area (Å²) in [4.78, 5) is 14.7. The van der Waals surface area contributed by atoms with Crippen molar-refractivity contribution >= 4 is 17.7 Å². The molecule has 1 heterocycles. The average molecular weight is 243 g/mol. The number of carbonyl (C=O) groups is 1. The van der Waals surface area contributed by atoms with Crippen LogP contribution in [0.1, 0.15) is 30.6 Å². The molecule has 0 spiro atoms. The van der Waals surface area contributed by atoms with Crippen LogP contribution in [0.15, 0.2) is 17.3 Å². The number of hydrogen-bond donors (Lipinski definition) is 1. The Balaban J connectivity index is 2.82. The maximum Gasteiger partial charge on any atom is 0.338 e. The molecule has 1 unspecified atom stereocenters. The van der Waals surface area contributed by atoms with E-state index in [1.54, 1.807) is 0 Å². The number of nitrogens with zero attached hydrogens (tertiary/aromatic N) is 1. The number of pyridine rings is 1. The van der Waals surface area contributed by atoms with Gasteiger partial charge >= 0.3 is 5.97 Å². The number of carboxylic acid groups (broad SMARTS) is 1. The monoisotopic (exact) mass is 243 g/mol. The van der Waals surface area contributed by atoms with E-state index in [2.05, 4.69) is 18.8 Å². The van der Waals surface area contributed by atoms with Gasteiger partial charge in [0.25, 0.3) is 0 Å². The van der Waals surface area contributed by atoms with Gasteiger partial charge in [-0.3, -0.25) is 0 Å². The number of aromatic nitrogens is 1. The van der Waals surface area contributed by atoms with Gasteiger partial charge in [-0.2, -0.15) is 0 Å². The second kappa shape index (κ2) is 5.84. The minimum absolute atomic E-state index is 0.0618. The zero-order chi connectivity index (χ0) is 12.1. The minimum Gasteiger partial charge on any atom is -0.478 e. The van der Waals surface area contributed by atoms with Crippen molar-refractivity contribution < 1.29 is 14.3 Å². The Labute approximate surface area is 98.1 Å². The molecule has 1 atom stereocenters. The molecular weight excluding hydrogens is 229 g/mol. The Morgan fingerprint density at radius 1 is 1.69 bits per heavy atom. The first-order valence-corrected chi connectivity index (χ1v) is 6.04. The molecule has 1 N–H and O–H groups in total. The predicted molar refractivity (Wildman–Crippen MR) is 61.3 cm³/mol. The third kappa shape index (κ3) is 3.48. The molecule has 88 valence electrons. The van der Waals surface area contributed by atoms with Crippen LogP contribution in [0.2, 0.25) is 0 Å². The van der Waals surface area contributed by atoms with Gasteiger partial charge in [-0.05, 0) is 12.0 Å². The molecule has 0 aliphatic carbocycles. The first-order valence-electron chi connectivity index (χ1n) is 5.06. The van der Waals surface area contributed by atoms with E-state index in [0.29, 0.717) is 10.9 Å². The summed E-state index contributed by atoms with van der Waals surface area (Å²) < 4.78 is 12.8. The summed E-state index contributed by atoms with van der Waals surface area (Å²) in [6.07, 6.45) is 2.07. The summed E-state index contributed by atoms with van der Waals surface area (Å²) in [5, 5.41) is 9.28. The van der Waals surface area contributed by atoms with Crippen LogP contribution in [0.3, 0.4) is 0 Å². The zero-order valence-corrected chi connectivity index (χ0v) is 10.1. The molecule has 0 aliphatic rings. The van der Waals surface area contributed by atoms with Crippen LogP contribution in [0.25, 0.3) is 0 Å². The van der Waals surface area contributed by atoms with E-state index in [4.69, 9.17) is 5.11 Å². The number of rotatable bonds is 5. The Morgan fingerprint density at radius 3 is 2.94 bits per heavy atom. The van der Waals surface area contributed by atoms with Crippen molar-refractivity contribution in [3.8, 4) is 0 Å². The van der Waals surface area contributed by atoms with E-state index < -0.39 is 11.8 Å². The highest BCUT2D eigenvalue weighted by Crippen LogP contribution is 2.24. The summed E-state index contributed by atoms with van der Waals surface area (Å²) in [6, 6.07) is 1.01. The molecule has 0 bridgehead atoms. The lowest BCUT2D eigenvalue weighted by atomic mass is 10.2. The molecule has 5 heteroatoms. The molecule has 0 amide bonds. The lowest BCUT2D eigenvalue weighted by molar-refractivity contribution is 0.0691. The molecule has 3 nitrogen and oxygen atoms in total. The predicted octanol–water partition coefficient (Wildman–Crippen LogP) is 3.06. The number of thioether (sulfide) groups is 1. The van der Waals surface area contributed by atoms with Crippen molar-refractivity contribution in [2.75, 3.05) is 5.75 Å². The van der Waals surface area contributed by atoms with Crippen molar-refractivity contribution in [3.05, 3.63) is 23.6 Å². The molecule has 0 radical (unpaired) electrons. The fourth-order valence-corrected chi connectivity index (χ4v) is 2.14. The lowest BCUT2D eigenvalue weighted by Gasteiger charge is -2.08. The van der Waals surface area contributed by atoms with Gasteiger partial charge in [0.15, 0.2) is 0 Å². The maximum absolute atomic E-state index is 12.8. The van der Waals surface area contributed by atoms with Crippen LogP contribution in [0.5, 0.6) is 0 Å². The molecule has 1 aromatic rings. The van der Waals surface area contributed by atoms with Gasteiger partial charge in [0.1, 0.15) is 10.8 Å². The fourth-order valence-electron chi connectivity index (χ4n) is 1.03. The van der Waals surface area contributed by atoms with E-state index in [1.165, 1.54) is 11.8 Å². The molecule has 0 fully saturated rings. The van der Waals surface area contributed by atoms with Gasteiger partial charge in [-0.1, -0.05) is 20.3 Å². The van der Waals surface area contributed by atoms with Crippen LogP contribution in [0, 0.1) is 11.7 Å². The van der Waals surface area contributed by atoms with Crippen molar-refractivity contribution in [1.29, 1.82) is 0 Å². The van der Waals surface area contributed by atoms with E-state index >= 15 is 0 Å². The normalized spacial score (nSPS) is 12.4. The molecule has 16 heavy (non-hydrogen) atoms. The first-order chi connectivity index (χ1) is 7.54. The van der Waals surface area contributed by atoms with Gasteiger partial charge in [-0.25, -0.2) is 14.2 Å². The quantitative estimate of drug-likeness (QED) is 0.807. The van der Waals surface area contributed by atoms with E-state index in [0.717, 1.165) is 24.4 Å². The standard InChI is InChI=1S/C11H14FNO2S/c1-3-7(2)6-16-10-9(11(14)15)4-8(12)5-13-10/h4-5,7H,3,6H2,1-2H3,(H,14,15). The van der Waals surface area contributed by atoms with Gasteiger partial charge in [0, 0.05) is 5.75 Å². The van der Waals surface area contributed by atoms with E-state index in [9.17, 15) is 9.18 Å². The Bertz CT molecular complexity index is 384. The highest BCUT2D eigenvalue weighted by atomic mass is 32.2. The Kier molecular flexibility index (Phi) is 4.73. The second-order valence-corrected chi connectivity index (χ2v) is 4.64. The fraction of sp³-hybridized carbons (Fsp3) is 0.455. The van der Waals surface area contributed by atoms with Gasteiger partial charge in [0.05, 0.1) is 11.8 Å². The molecule has 1 rings (SSSR count). The molecule has 0 aromatic carbocycles. The van der Waals surface area contributed by atoms with Crippen molar-refractivity contribution in [3.63, 3.8) is 0 Å². The van der Waals surface area contributed by atoms with E-state index in [-0.39, 0.29) is 5.56 Å². The number of hydrogen-bond acceptors (Lipinski definition) is 3. The SMILES string of the molecule is CCC(C)CSc1ncc(F)cc1C(=O)O. The average Bonchev–Trinajstić information content (AvgIpc) is 2.26. The molecular formula is C11H14FNO2S. The zero-order valence-electron chi connectivity index (χ0n) is 9.24. The number of halogens is 1. The Morgan fingerprint density at radius 2 is 2.38 bits per heavy atom. The largest absolute Gasteiger partial charge is 0.478 e. The highest BCUT2D eigenvalue weighted by molar-refractivity contribution is 7.99. The Hall–Kier alpha value is -1.10. The summed E-state index contributed by atoms with van der Waals surface area (Å²) in [7, 11) is 0. The number of carboxylic acids is 1. The lowest BCUT2D eigenvalue weighted by Crippen LogP contribution is -2.04. The molecule has 0 aliphatic heterocycles. The van der Waals surface area contributed by atoms with Crippen LogP contribution in [0.4, 0.5) is 4.39 Å². The van der Waals surface area contributed by atoms with Crippen molar-refractivity contribution in [2.45, 2.75) is 25.3 Å². The second-order valence-electron chi connectivity index (χ2n) is 3.64. The highest BCUT2D eigenvalue weighted by Gasteiger charge is 2.14. The molecule has 0 saturated carbocycles. The van der Waals surface area contributed by atoms with Gasteiger partial charge in [0.2, 0.25) is 0 Å². The summed E-state index contributed by atoms with van der Waals surface area (Å²) >= 11 is 1.36. The first kappa shape index (κ1) is 13.0. The maximum atomic E-state index is 12.8. The van der Waals surface area contributed by atoms with Crippen LogP contribution >= 0.6 is 11.8 Å². The van der Waals surface area contributed by atoms with Crippen LogP contribution < -0.4 is 0 Å². The smallest absolute Gasteiger partial charge is 0.338 e. The summed E-state index contributed by atoms with van der Waals surface area (Å²) in [5.74, 6) is -0.488. The topological polar surface area (TPSA) is 50.2 Å².